The van der Waals surface area contributed by atoms with Crippen LogP contribution in [0.15, 0.2) is 46.8 Å². The number of Topliss-reactive ketones (excluding diaryl/α,β-unsaturated/α-hetero) is 1. The van der Waals surface area contributed by atoms with Gasteiger partial charge < -0.3 is 5.32 Å². The van der Waals surface area contributed by atoms with Crippen LogP contribution in [-0.4, -0.2) is 21.2 Å². The predicted octanol–water partition coefficient (Wildman–Crippen LogP) is 2.30. The summed E-state index contributed by atoms with van der Waals surface area (Å²) in [5, 5.41) is 4.97. The number of nitrogens with zero attached hydrogens (tertiary/aromatic N) is 2. The van der Waals surface area contributed by atoms with E-state index in [0.29, 0.717) is 21.5 Å². The van der Waals surface area contributed by atoms with E-state index >= 15 is 0 Å². The van der Waals surface area contributed by atoms with Gasteiger partial charge in [-0.05, 0) is 30.5 Å². The molecule has 23 heavy (non-hydrogen) atoms. The number of carbonyl (C=O) groups is 2. The molecule has 1 amide bonds. The predicted molar refractivity (Wildman–Crippen MR) is 89.0 cm³/mol. The molecule has 0 fully saturated rings. The molecule has 0 bridgehead atoms. The molecule has 0 saturated carbocycles. The van der Waals surface area contributed by atoms with E-state index in [1.54, 1.807) is 35.7 Å². The van der Waals surface area contributed by atoms with Crippen LogP contribution in [0.3, 0.4) is 0 Å². The number of aromatic nitrogens is 2. The molecular weight excluding hydrogens is 314 g/mol. The number of rotatable bonds is 4. The first-order valence-electron chi connectivity index (χ1n) is 6.88. The molecule has 7 heteroatoms. The van der Waals surface area contributed by atoms with Crippen LogP contribution in [0.4, 0.5) is 5.69 Å². The van der Waals surface area contributed by atoms with E-state index < -0.39 is 0 Å². The Labute approximate surface area is 135 Å². The lowest BCUT2D eigenvalue weighted by atomic mass is 10.1. The standard InChI is InChI=1S/C16H13N3O3S/c1-10(20)11-3-2-4-12(7-11)18-14(21)8-19-9-17-15-13(16(19)22)5-6-23-15/h2-7,9H,8H2,1H3,(H,18,21). The number of benzene rings is 1. The average Bonchev–Trinajstić information content (AvgIpc) is 2.99. The molecule has 0 radical (unpaired) electrons. The van der Waals surface area contributed by atoms with Crippen LogP contribution < -0.4 is 10.9 Å². The number of thiophene rings is 1. The minimum Gasteiger partial charge on any atom is -0.325 e. The number of amides is 1. The summed E-state index contributed by atoms with van der Waals surface area (Å²) in [5.41, 5.74) is 0.783. The second-order valence-electron chi connectivity index (χ2n) is 5.00. The maximum Gasteiger partial charge on any atom is 0.262 e. The van der Waals surface area contributed by atoms with Crippen molar-refractivity contribution in [1.82, 2.24) is 9.55 Å². The Morgan fingerprint density at radius 3 is 2.91 bits per heavy atom. The summed E-state index contributed by atoms with van der Waals surface area (Å²) in [7, 11) is 0. The monoisotopic (exact) mass is 327 g/mol. The van der Waals surface area contributed by atoms with Gasteiger partial charge in [0, 0.05) is 11.3 Å². The first kappa shape index (κ1) is 15.1. The lowest BCUT2D eigenvalue weighted by Crippen LogP contribution is -2.27. The van der Waals surface area contributed by atoms with Gasteiger partial charge in [0.1, 0.15) is 11.4 Å². The Hall–Kier alpha value is -2.80. The largest absolute Gasteiger partial charge is 0.325 e. The van der Waals surface area contributed by atoms with Crippen LogP contribution in [0.25, 0.3) is 10.2 Å². The van der Waals surface area contributed by atoms with Crippen molar-refractivity contribution in [3.05, 3.63) is 58.0 Å². The number of ketones is 1. The van der Waals surface area contributed by atoms with Crippen LogP contribution in [-0.2, 0) is 11.3 Å². The molecule has 3 rings (SSSR count). The first-order chi connectivity index (χ1) is 11.0. The summed E-state index contributed by atoms with van der Waals surface area (Å²) >= 11 is 1.38. The summed E-state index contributed by atoms with van der Waals surface area (Å²) in [4.78, 5) is 40.5. The molecule has 0 spiro atoms. The van der Waals surface area contributed by atoms with Gasteiger partial charge in [0.2, 0.25) is 5.91 Å². The Kier molecular flexibility index (Phi) is 4.03. The molecule has 2 heterocycles. The third-order valence-corrected chi connectivity index (χ3v) is 4.14. The van der Waals surface area contributed by atoms with Gasteiger partial charge in [0.05, 0.1) is 11.7 Å². The first-order valence-corrected chi connectivity index (χ1v) is 7.76. The molecule has 0 aliphatic carbocycles. The number of hydrogen-bond acceptors (Lipinski definition) is 5. The summed E-state index contributed by atoms with van der Waals surface area (Å²) in [6.07, 6.45) is 1.37. The Balaban J connectivity index is 1.78. The van der Waals surface area contributed by atoms with Gasteiger partial charge in [-0.15, -0.1) is 11.3 Å². The third kappa shape index (κ3) is 3.19. The Bertz CT molecular complexity index is 958. The summed E-state index contributed by atoms with van der Waals surface area (Å²) in [6.45, 7) is 1.32. The van der Waals surface area contributed by atoms with E-state index in [-0.39, 0.29) is 23.8 Å². The van der Waals surface area contributed by atoms with Gasteiger partial charge in [-0.2, -0.15) is 0 Å². The second-order valence-corrected chi connectivity index (χ2v) is 5.90. The van der Waals surface area contributed by atoms with Crippen LogP contribution in [0.2, 0.25) is 0 Å². The summed E-state index contributed by atoms with van der Waals surface area (Å²) in [5.74, 6) is -0.436. The smallest absolute Gasteiger partial charge is 0.262 e. The number of fused-ring (bicyclic) bond motifs is 1. The minimum atomic E-state index is -0.357. The molecule has 0 atom stereocenters. The van der Waals surface area contributed by atoms with Gasteiger partial charge >= 0.3 is 0 Å². The van der Waals surface area contributed by atoms with E-state index in [2.05, 4.69) is 10.3 Å². The SMILES string of the molecule is CC(=O)c1cccc(NC(=O)Cn2cnc3sccc3c2=O)c1. The van der Waals surface area contributed by atoms with Crippen molar-refractivity contribution in [2.24, 2.45) is 0 Å². The normalized spacial score (nSPS) is 10.7. The molecule has 2 aromatic heterocycles. The fourth-order valence-electron chi connectivity index (χ4n) is 2.18. The fraction of sp³-hybridized carbons (Fsp3) is 0.125. The van der Waals surface area contributed by atoms with Gasteiger partial charge in [-0.25, -0.2) is 4.98 Å². The van der Waals surface area contributed by atoms with Crippen molar-refractivity contribution in [2.75, 3.05) is 5.32 Å². The van der Waals surface area contributed by atoms with Gasteiger partial charge in [0.15, 0.2) is 5.78 Å². The fourth-order valence-corrected chi connectivity index (χ4v) is 2.90. The lowest BCUT2D eigenvalue weighted by molar-refractivity contribution is -0.116. The molecule has 116 valence electrons. The second kappa shape index (κ2) is 6.13. The molecule has 1 aromatic carbocycles. The highest BCUT2D eigenvalue weighted by atomic mass is 32.1. The van der Waals surface area contributed by atoms with Crippen molar-refractivity contribution in [3.63, 3.8) is 0 Å². The number of nitrogens with one attached hydrogen (secondary N) is 1. The van der Waals surface area contributed by atoms with E-state index in [1.807, 2.05) is 0 Å². The number of hydrogen-bond donors (Lipinski definition) is 1. The average molecular weight is 327 g/mol. The minimum absolute atomic E-state index is 0.0792. The molecule has 0 saturated heterocycles. The Morgan fingerprint density at radius 2 is 2.13 bits per heavy atom. The molecule has 0 aliphatic heterocycles. The zero-order chi connectivity index (χ0) is 16.4. The van der Waals surface area contributed by atoms with Crippen molar-refractivity contribution >= 4 is 38.9 Å². The highest BCUT2D eigenvalue weighted by molar-refractivity contribution is 7.16. The molecule has 3 aromatic rings. The van der Waals surface area contributed by atoms with E-state index in [1.165, 1.54) is 29.2 Å². The molecule has 0 unspecified atom stereocenters. The summed E-state index contributed by atoms with van der Waals surface area (Å²) in [6, 6.07) is 8.35. The van der Waals surface area contributed by atoms with Gasteiger partial charge in [-0.1, -0.05) is 12.1 Å². The number of anilines is 1. The van der Waals surface area contributed by atoms with Crippen molar-refractivity contribution in [1.29, 1.82) is 0 Å². The molecule has 0 aliphatic rings. The van der Waals surface area contributed by atoms with Crippen molar-refractivity contribution < 1.29 is 9.59 Å². The third-order valence-electron chi connectivity index (χ3n) is 3.32. The highest BCUT2D eigenvalue weighted by Crippen LogP contribution is 2.14. The maximum atomic E-state index is 12.2. The molecule has 6 nitrogen and oxygen atoms in total. The Morgan fingerprint density at radius 1 is 1.30 bits per heavy atom. The summed E-state index contributed by atoms with van der Waals surface area (Å²) < 4.78 is 1.26. The molecular formula is C16H13N3O3S. The van der Waals surface area contributed by atoms with Crippen LogP contribution in [0, 0.1) is 0 Å². The van der Waals surface area contributed by atoms with Crippen LogP contribution in [0.5, 0.6) is 0 Å². The zero-order valence-corrected chi connectivity index (χ0v) is 13.1. The highest BCUT2D eigenvalue weighted by Gasteiger charge is 2.09. The van der Waals surface area contributed by atoms with Crippen LogP contribution in [0.1, 0.15) is 17.3 Å². The topological polar surface area (TPSA) is 81.1 Å². The van der Waals surface area contributed by atoms with Gasteiger partial charge in [0.25, 0.3) is 5.56 Å². The lowest BCUT2D eigenvalue weighted by Gasteiger charge is -2.08. The van der Waals surface area contributed by atoms with Crippen molar-refractivity contribution in [3.8, 4) is 0 Å². The van der Waals surface area contributed by atoms with E-state index in [0.717, 1.165) is 0 Å². The van der Waals surface area contributed by atoms with E-state index in [9.17, 15) is 14.4 Å². The number of carbonyl (C=O) groups excluding carboxylic acids is 2. The van der Waals surface area contributed by atoms with E-state index in [4.69, 9.17) is 0 Å². The van der Waals surface area contributed by atoms with Crippen molar-refractivity contribution in [2.45, 2.75) is 13.5 Å². The maximum absolute atomic E-state index is 12.2. The zero-order valence-electron chi connectivity index (χ0n) is 12.3. The quantitative estimate of drug-likeness (QED) is 0.746. The van der Waals surface area contributed by atoms with Gasteiger partial charge in [-0.3, -0.25) is 19.0 Å². The molecule has 1 N–H and O–H groups in total. The van der Waals surface area contributed by atoms with Crippen LogP contribution >= 0.6 is 11.3 Å².